The lowest BCUT2D eigenvalue weighted by Gasteiger charge is -2.27. The molecule has 13 heavy (non-hydrogen) atoms. The van der Waals surface area contributed by atoms with E-state index in [-0.39, 0.29) is 5.92 Å². The quantitative estimate of drug-likeness (QED) is 0.700. The highest BCUT2D eigenvalue weighted by Gasteiger charge is 2.24. The fourth-order valence-corrected chi connectivity index (χ4v) is 1.82. The summed E-state index contributed by atoms with van der Waals surface area (Å²) in [5, 5.41) is 12.1. The first-order chi connectivity index (χ1) is 6.24. The maximum atomic E-state index is 10.6. The van der Waals surface area contributed by atoms with Crippen molar-refractivity contribution in [2.75, 3.05) is 6.54 Å². The van der Waals surface area contributed by atoms with Crippen molar-refractivity contribution in [2.45, 2.75) is 45.1 Å². The van der Waals surface area contributed by atoms with E-state index in [0.717, 1.165) is 12.8 Å². The van der Waals surface area contributed by atoms with Crippen molar-refractivity contribution in [2.24, 2.45) is 5.92 Å². The summed E-state index contributed by atoms with van der Waals surface area (Å²) in [5.41, 5.74) is 0. The number of hydrogen-bond acceptors (Lipinski definition) is 2. The number of aliphatic carboxylic acids is 1. The van der Waals surface area contributed by atoms with Gasteiger partial charge in [-0.2, -0.15) is 0 Å². The zero-order chi connectivity index (χ0) is 9.68. The van der Waals surface area contributed by atoms with Gasteiger partial charge in [0.1, 0.15) is 0 Å². The van der Waals surface area contributed by atoms with Gasteiger partial charge in [0, 0.05) is 12.6 Å². The Labute approximate surface area is 79.5 Å². The Balaban J connectivity index is 2.18. The molecular weight excluding hydrogens is 166 g/mol. The molecule has 76 valence electrons. The second-order valence-corrected chi connectivity index (χ2v) is 3.86. The zero-order valence-electron chi connectivity index (χ0n) is 8.25. The number of carboxylic acids is 1. The molecule has 1 heterocycles. The van der Waals surface area contributed by atoms with E-state index in [1.54, 1.807) is 0 Å². The predicted octanol–water partition coefficient (Wildman–Crippen LogP) is 1.63. The van der Waals surface area contributed by atoms with Gasteiger partial charge < -0.3 is 10.4 Å². The molecule has 0 aromatic rings. The van der Waals surface area contributed by atoms with Crippen LogP contribution in [-0.4, -0.2) is 23.7 Å². The van der Waals surface area contributed by atoms with Crippen LogP contribution >= 0.6 is 0 Å². The Morgan fingerprint density at radius 3 is 2.77 bits per heavy atom. The van der Waals surface area contributed by atoms with E-state index in [9.17, 15) is 4.79 Å². The molecule has 2 atom stereocenters. The van der Waals surface area contributed by atoms with Crippen molar-refractivity contribution in [3.8, 4) is 0 Å². The molecule has 0 aromatic carbocycles. The molecule has 0 spiro atoms. The lowest BCUT2D eigenvalue weighted by atomic mass is 9.92. The Bertz CT molecular complexity index is 162. The summed E-state index contributed by atoms with van der Waals surface area (Å²) in [7, 11) is 0. The molecule has 1 aliphatic rings. The highest BCUT2D eigenvalue weighted by Crippen LogP contribution is 2.17. The molecular formula is C10H19NO2. The van der Waals surface area contributed by atoms with Crippen LogP contribution < -0.4 is 5.32 Å². The molecule has 0 saturated carbocycles. The minimum absolute atomic E-state index is 0.155. The molecule has 0 aliphatic carbocycles. The van der Waals surface area contributed by atoms with Gasteiger partial charge >= 0.3 is 5.97 Å². The van der Waals surface area contributed by atoms with Crippen LogP contribution in [0.5, 0.6) is 0 Å². The number of nitrogens with one attached hydrogen (secondary N) is 1. The van der Waals surface area contributed by atoms with Crippen molar-refractivity contribution in [3.05, 3.63) is 0 Å². The first-order valence-corrected chi connectivity index (χ1v) is 5.20. The summed E-state index contributed by atoms with van der Waals surface area (Å²) < 4.78 is 0. The van der Waals surface area contributed by atoms with Crippen LogP contribution in [0.3, 0.4) is 0 Å². The Hall–Kier alpha value is -0.570. The lowest BCUT2D eigenvalue weighted by Crippen LogP contribution is -2.41. The molecule has 3 heteroatoms. The highest BCUT2D eigenvalue weighted by atomic mass is 16.4. The van der Waals surface area contributed by atoms with Crippen LogP contribution in [0, 0.1) is 5.92 Å². The van der Waals surface area contributed by atoms with E-state index < -0.39 is 5.97 Å². The SMILES string of the molecule is CCCC[C@H]1CC[C@H](C(=O)O)CN1. The van der Waals surface area contributed by atoms with Gasteiger partial charge in [-0.25, -0.2) is 0 Å². The topological polar surface area (TPSA) is 49.3 Å². The maximum absolute atomic E-state index is 10.6. The number of rotatable bonds is 4. The fourth-order valence-electron chi connectivity index (χ4n) is 1.82. The molecule has 0 amide bonds. The average molecular weight is 185 g/mol. The smallest absolute Gasteiger partial charge is 0.307 e. The van der Waals surface area contributed by atoms with E-state index in [0.29, 0.717) is 12.6 Å². The normalized spacial score (nSPS) is 28.7. The summed E-state index contributed by atoms with van der Waals surface area (Å²) in [6.45, 7) is 2.84. The average Bonchev–Trinajstić information content (AvgIpc) is 2.15. The van der Waals surface area contributed by atoms with Gasteiger partial charge in [0.2, 0.25) is 0 Å². The Kier molecular flexibility index (Phi) is 4.22. The van der Waals surface area contributed by atoms with Gasteiger partial charge in [-0.3, -0.25) is 4.79 Å². The van der Waals surface area contributed by atoms with Gasteiger partial charge in [-0.05, 0) is 19.3 Å². The maximum Gasteiger partial charge on any atom is 0.307 e. The number of piperidine rings is 1. The van der Waals surface area contributed by atoms with E-state index in [4.69, 9.17) is 5.11 Å². The summed E-state index contributed by atoms with van der Waals surface area (Å²) >= 11 is 0. The highest BCUT2D eigenvalue weighted by molar-refractivity contribution is 5.70. The van der Waals surface area contributed by atoms with Gasteiger partial charge in [-0.15, -0.1) is 0 Å². The molecule has 0 bridgehead atoms. The van der Waals surface area contributed by atoms with Crippen molar-refractivity contribution in [1.82, 2.24) is 5.32 Å². The third-order valence-corrected chi connectivity index (χ3v) is 2.77. The second kappa shape index (κ2) is 5.22. The monoisotopic (exact) mass is 185 g/mol. The van der Waals surface area contributed by atoms with Crippen LogP contribution in [-0.2, 0) is 4.79 Å². The molecule has 2 N–H and O–H groups in total. The van der Waals surface area contributed by atoms with E-state index >= 15 is 0 Å². The first kappa shape index (κ1) is 10.5. The van der Waals surface area contributed by atoms with Gasteiger partial charge in [-0.1, -0.05) is 19.8 Å². The predicted molar refractivity (Wildman–Crippen MR) is 51.7 cm³/mol. The van der Waals surface area contributed by atoms with Crippen molar-refractivity contribution >= 4 is 5.97 Å². The Morgan fingerprint density at radius 2 is 2.31 bits per heavy atom. The third-order valence-electron chi connectivity index (χ3n) is 2.77. The number of hydrogen-bond donors (Lipinski definition) is 2. The molecule has 0 unspecified atom stereocenters. The summed E-state index contributed by atoms with van der Waals surface area (Å²) in [5.74, 6) is -0.806. The summed E-state index contributed by atoms with van der Waals surface area (Å²) in [6, 6.07) is 0.565. The standard InChI is InChI=1S/C10H19NO2/c1-2-3-4-9-6-5-8(7-11-9)10(12)13/h8-9,11H,2-7H2,1H3,(H,12,13)/t8-,9-/m0/s1. The molecule has 1 aliphatic heterocycles. The van der Waals surface area contributed by atoms with Crippen molar-refractivity contribution in [1.29, 1.82) is 0 Å². The van der Waals surface area contributed by atoms with Gasteiger partial charge in [0.15, 0.2) is 0 Å². The van der Waals surface area contributed by atoms with Crippen LogP contribution in [0.2, 0.25) is 0 Å². The van der Waals surface area contributed by atoms with Crippen molar-refractivity contribution in [3.63, 3.8) is 0 Å². The van der Waals surface area contributed by atoms with Crippen LogP contribution in [0.15, 0.2) is 0 Å². The number of carbonyl (C=O) groups is 1. The van der Waals surface area contributed by atoms with Crippen molar-refractivity contribution < 1.29 is 9.90 Å². The minimum atomic E-state index is -0.651. The molecule has 0 radical (unpaired) electrons. The van der Waals surface area contributed by atoms with Crippen LogP contribution in [0.25, 0.3) is 0 Å². The van der Waals surface area contributed by atoms with Gasteiger partial charge in [0.05, 0.1) is 5.92 Å². The van der Waals surface area contributed by atoms with E-state index in [1.807, 2.05) is 0 Å². The first-order valence-electron chi connectivity index (χ1n) is 5.20. The third kappa shape index (κ3) is 3.35. The summed E-state index contributed by atoms with van der Waals surface area (Å²) in [6.07, 6.45) is 5.53. The Morgan fingerprint density at radius 1 is 1.54 bits per heavy atom. The van der Waals surface area contributed by atoms with Crippen LogP contribution in [0.4, 0.5) is 0 Å². The van der Waals surface area contributed by atoms with Gasteiger partial charge in [0.25, 0.3) is 0 Å². The fraction of sp³-hybridized carbons (Fsp3) is 0.900. The molecule has 1 saturated heterocycles. The number of unbranched alkanes of at least 4 members (excludes halogenated alkanes) is 1. The minimum Gasteiger partial charge on any atom is -0.481 e. The lowest BCUT2D eigenvalue weighted by molar-refractivity contribution is -0.142. The molecule has 0 aromatic heterocycles. The van der Waals surface area contributed by atoms with E-state index in [2.05, 4.69) is 12.2 Å². The largest absolute Gasteiger partial charge is 0.481 e. The number of carboxylic acid groups (broad SMARTS) is 1. The van der Waals surface area contributed by atoms with Crippen LogP contribution in [0.1, 0.15) is 39.0 Å². The van der Waals surface area contributed by atoms with E-state index in [1.165, 1.54) is 19.3 Å². The zero-order valence-corrected chi connectivity index (χ0v) is 8.25. The molecule has 3 nitrogen and oxygen atoms in total. The summed E-state index contributed by atoms with van der Waals surface area (Å²) in [4.78, 5) is 10.6. The molecule has 1 rings (SSSR count). The molecule has 1 fully saturated rings. The second-order valence-electron chi connectivity index (χ2n) is 3.86.